The normalized spacial score (nSPS) is 10.6. The van der Waals surface area contributed by atoms with Crippen molar-refractivity contribution >= 4 is 14.7 Å². The number of hydrogen-bond acceptors (Lipinski definition) is 4. The van der Waals surface area contributed by atoms with Crippen LogP contribution in [0.3, 0.4) is 0 Å². The molecule has 0 saturated heterocycles. The van der Waals surface area contributed by atoms with Gasteiger partial charge in [-0.2, -0.15) is 0 Å². The second-order valence-electron chi connectivity index (χ2n) is 3.04. The van der Waals surface area contributed by atoms with Crippen molar-refractivity contribution in [3.05, 3.63) is 0 Å². The Hall–Kier alpha value is 0.300. The average Bonchev–Trinajstić information content (AvgIpc) is 1.79. The molecule has 0 unspecified atom stereocenters. The number of aliphatic hydroxyl groups is 2. The molecule has 4 N–H and O–H groups in total. The summed E-state index contributed by atoms with van der Waals surface area (Å²) in [6.45, 7) is 4.94. The number of aliphatic hydroxyl groups excluding tert-OH is 2. The van der Waals surface area contributed by atoms with Crippen LogP contribution in [0, 0.1) is 0 Å². The molecule has 0 aliphatic carbocycles. The van der Waals surface area contributed by atoms with Crippen LogP contribution in [0.5, 0.6) is 0 Å². The zero-order valence-corrected chi connectivity index (χ0v) is 10.7. The summed E-state index contributed by atoms with van der Waals surface area (Å²) in [7, 11) is -5.28. The molecule has 0 rings (SSSR count). The highest BCUT2D eigenvalue weighted by atomic mass is 31.2. The number of hydrogen-bond donors (Lipinski definition) is 4. The minimum atomic E-state index is -2.64. The van der Waals surface area contributed by atoms with Crippen molar-refractivity contribution in [3.63, 3.8) is 0 Å². The Morgan fingerprint density at radius 2 is 0.857 bits per heavy atom. The van der Waals surface area contributed by atoms with Gasteiger partial charge in [0.05, 0.1) is 13.2 Å². The second kappa shape index (κ2) is 9.84. The molecule has 0 aliphatic rings. The molecule has 0 atom stereocenters. The summed E-state index contributed by atoms with van der Waals surface area (Å²) in [4.78, 5) is 16.2. The van der Waals surface area contributed by atoms with Gasteiger partial charge in [-0.25, -0.2) is 0 Å². The minimum absolute atomic E-state index is 0.125. The first-order valence-electron chi connectivity index (χ1n) is 3.69. The smallest absolute Gasteiger partial charge is 0.194 e. The third kappa shape index (κ3) is 929. The molecule has 0 aromatic heterocycles. The third-order valence-corrected chi connectivity index (χ3v) is 0.1000. The van der Waals surface area contributed by atoms with E-state index < -0.39 is 14.7 Å². The van der Waals surface area contributed by atoms with Crippen LogP contribution in [0.15, 0.2) is 0 Å². The Labute approximate surface area is 84.5 Å². The zero-order chi connectivity index (χ0) is 12.4. The van der Waals surface area contributed by atoms with Crippen molar-refractivity contribution in [1.82, 2.24) is 0 Å². The highest BCUT2D eigenvalue weighted by Crippen LogP contribution is 2.27. The van der Waals surface area contributed by atoms with Crippen molar-refractivity contribution in [2.45, 2.75) is 0 Å². The molecule has 0 aromatic carbocycles. The predicted octanol–water partition coefficient (Wildman–Crippen LogP) is 0.00380. The van der Waals surface area contributed by atoms with E-state index in [0.717, 1.165) is 0 Å². The molecule has 14 heavy (non-hydrogen) atoms. The number of rotatable bonds is 1. The molecule has 0 radical (unpaired) electrons. The largest absolute Gasteiger partial charge is 0.394 e. The molecule has 0 aromatic rings. The Balaban J connectivity index is -0.000000131. The van der Waals surface area contributed by atoms with E-state index in [2.05, 4.69) is 0 Å². The van der Waals surface area contributed by atoms with Crippen LogP contribution in [-0.4, -0.2) is 59.9 Å². The first kappa shape index (κ1) is 19.8. The first-order chi connectivity index (χ1) is 5.91. The summed E-state index contributed by atoms with van der Waals surface area (Å²) < 4.78 is 19.5. The lowest BCUT2D eigenvalue weighted by Crippen LogP contribution is -1.85. The fourth-order valence-electron chi connectivity index (χ4n) is 0. The second-order valence-corrected chi connectivity index (χ2v) is 8.21. The Bertz CT molecular complexity index is 154. The van der Waals surface area contributed by atoms with E-state index in [-0.39, 0.29) is 13.2 Å². The maximum Gasteiger partial charge on any atom is 0.194 e. The van der Waals surface area contributed by atoms with Gasteiger partial charge in [0.1, 0.15) is 0 Å². The topological polar surface area (TPSA) is 115 Å². The van der Waals surface area contributed by atoms with Crippen molar-refractivity contribution in [2.24, 2.45) is 0 Å². The molecule has 8 heteroatoms. The van der Waals surface area contributed by atoms with Gasteiger partial charge in [0, 0.05) is 26.7 Å². The monoisotopic (exact) mass is 250 g/mol. The van der Waals surface area contributed by atoms with Gasteiger partial charge in [-0.3, -0.25) is 9.13 Å². The van der Waals surface area contributed by atoms with Gasteiger partial charge in [-0.1, -0.05) is 0 Å². The highest BCUT2D eigenvalue weighted by Gasteiger charge is 1.92. The van der Waals surface area contributed by atoms with Gasteiger partial charge in [-0.15, -0.1) is 0 Å². The third-order valence-electron chi connectivity index (χ3n) is 0.1000. The van der Waals surface area contributed by atoms with Crippen molar-refractivity contribution < 1.29 is 29.1 Å². The van der Waals surface area contributed by atoms with E-state index >= 15 is 0 Å². The van der Waals surface area contributed by atoms with Crippen LogP contribution in [0.4, 0.5) is 0 Å². The lowest BCUT2D eigenvalue weighted by atomic mass is 10.8. The van der Waals surface area contributed by atoms with Crippen molar-refractivity contribution in [3.8, 4) is 0 Å². The van der Waals surface area contributed by atoms with E-state index in [1.165, 1.54) is 26.7 Å². The molecule has 0 spiro atoms. The van der Waals surface area contributed by atoms with Crippen LogP contribution < -0.4 is 0 Å². The molecule has 0 bridgehead atoms. The van der Waals surface area contributed by atoms with Gasteiger partial charge in [0.15, 0.2) is 14.7 Å². The molecular formula is C6H20O6P2. The lowest BCUT2D eigenvalue weighted by Gasteiger charge is -1.86. The average molecular weight is 250 g/mol. The zero-order valence-electron chi connectivity index (χ0n) is 8.91. The maximum absolute atomic E-state index is 9.77. The Morgan fingerprint density at radius 3 is 0.857 bits per heavy atom. The molecule has 0 heterocycles. The van der Waals surface area contributed by atoms with Gasteiger partial charge in [-0.05, 0) is 0 Å². The Kier molecular flexibility index (Phi) is 13.9. The molecule has 0 fully saturated rings. The van der Waals surface area contributed by atoms with Crippen LogP contribution >= 0.6 is 14.7 Å². The first-order valence-corrected chi connectivity index (χ1v) is 8.79. The quantitative estimate of drug-likeness (QED) is 0.487. The van der Waals surface area contributed by atoms with Gasteiger partial charge in [0.2, 0.25) is 0 Å². The maximum atomic E-state index is 9.77. The van der Waals surface area contributed by atoms with Crippen LogP contribution in [0.2, 0.25) is 0 Å². The summed E-state index contributed by atoms with van der Waals surface area (Å²) in [6.07, 6.45) is 0. The lowest BCUT2D eigenvalue weighted by molar-refractivity contribution is 0.186. The standard InChI is InChI=1S/2C2H7O2P.C2H6O2/c2*1-5(2,3)4;3-1-2-4/h2*1-2H3,(H,3,4);3-4H,1-2H2. The van der Waals surface area contributed by atoms with Crippen molar-refractivity contribution in [2.75, 3.05) is 39.9 Å². The molecular weight excluding hydrogens is 230 g/mol. The Morgan fingerprint density at radius 1 is 0.786 bits per heavy atom. The molecule has 90 valence electrons. The molecule has 0 aliphatic heterocycles. The van der Waals surface area contributed by atoms with Gasteiger partial charge in [0.25, 0.3) is 0 Å². The van der Waals surface area contributed by atoms with E-state index in [9.17, 15) is 9.13 Å². The van der Waals surface area contributed by atoms with E-state index in [0.29, 0.717) is 0 Å². The highest BCUT2D eigenvalue weighted by molar-refractivity contribution is 7.56. The molecule has 0 amide bonds. The van der Waals surface area contributed by atoms with Crippen LogP contribution in [-0.2, 0) is 9.13 Å². The predicted molar refractivity (Wildman–Crippen MR) is 57.5 cm³/mol. The fourth-order valence-corrected chi connectivity index (χ4v) is 0. The summed E-state index contributed by atoms with van der Waals surface area (Å²) in [6, 6.07) is 0. The molecule has 0 saturated carbocycles. The van der Waals surface area contributed by atoms with E-state index in [4.69, 9.17) is 20.0 Å². The van der Waals surface area contributed by atoms with Gasteiger partial charge < -0.3 is 20.0 Å². The van der Waals surface area contributed by atoms with Crippen LogP contribution in [0.25, 0.3) is 0 Å². The molecule has 6 nitrogen and oxygen atoms in total. The summed E-state index contributed by atoms with van der Waals surface area (Å²) in [5.41, 5.74) is 0. The summed E-state index contributed by atoms with van der Waals surface area (Å²) in [5.74, 6) is 0. The fraction of sp³-hybridized carbons (Fsp3) is 1.00. The van der Waals surface area contributed by atoms with E-state index in [1.807, 2.05) is 0 Å². The SMILES string of the molecule is CP(C)(=O)O.CP(C)(=O)O.OCCO. The van der Waals surface area contributed by atoms with E-state index in [1.54, 1.807) is 0 Å². The summed E-state index contributed by atoms with van der Waals surface area (Å²) >= 11 is 0. The van der Waals surface area contributed by atoms with Crippen molar-refractivity contribution in [1.29, 1.82) is 0 Å². The summed E-state index contributed by atoms with van der Waals surface area (Å²) in [5, 5.41) is 15.2. The van der Waals surface area contributed by atoms with Gasteiger partial charge >= 0.3 is 0 Å². The van der Waals surface area contributed by atoms with Crippen LogP contribution in [0.1, 0.15) is 0 Å². The minimum Gasteiger partial charge on any atom is -0.394 e.